The average molecular weight is 349 g/mol. The molecule has 1 amide bonds. The highest BCUT2D eigenvalue weighted by atomic mass is 35.5. The van der Waals surface area contributed by atoms with E-state index in [1.165, 1.54) is 4.88 Å². The molecule has 1 saturated heterocycles. The molecule has 2 atom stereocenters. The average Bonchev–Trinajstić information content (AvgIpc) is 3.23. The van der Waals surface area contributed by atoms with E-state index in [0.29, 0.717) is 17.6 Å². The highest BCUT2D eigenvalue weighted by molar-refractivity contribution is 7.10. The van der Waals surface area contributed by atoms with E-state index in [1.807, 2.05) is 31.2 Å². The molecule has 1 aromatic heterocycles. The molecule has 2 unspecified atom stereocenters. The summed E-state index contributed by atoms with van der Waals surface area (Å²) in [5.74, 6) is 0.0633. The predicted molar refractivity (Wildman–Crippen MR) is 95.8 cm³/mol. The number of hydrogen-bond acceptors (Lipinski definition) is 3. The molecular formula is C18H21ClN2OS. The minimum atomic E-state index is -0.132. The van der Waals surface area contributed by atoms with Crippen LogP contribution in [0.5, 0.6) is 0 Å². The molecule has 1 fully saturated rings. The first-order valence-electron chi connectivity index (χ1n) is 7.97. The number of nitrogens with zero attached hydrogens (tertiary/aromatic N) is 1. The van der Waals surface area contributed by atoms with E-state index in [1.54, 1.807) is 11.3 Å². The van der Waals surface area contributed by atoms with Gasteiger partial charge in [0.05, 0.1) is 6.04 Å². The van der Waals surface area contributed by atoms with Crippen molar-refractivity contribution in [2.75, 3.05) is 6.54 Å². The van der Waals surface area contributed by atoms with Gasteiger partial charge < -0.3 is 5.32 Å². The van der Waals surface area contributed by atoms with Crippen LogP contribution in [0.25, 0.3) is 0 Å². The first kappa shape index (κ1) is 16.5. The van der Waals surface area contributed by atoms with Crippen LogP contribution < -0.4 is 5.32 Å². The van der Waals surface area contributed by atoms with Crippen LogP contribution in [0.15, 0.2) is 41.8 Å². The fourth-order valence-electron chi connectivity index (χ4n) is 3.16. The molecule has 1 aromatic carbocycles. The monoisotopic (exact) mass is 348 g/mol. The summed E-state index contributed by atoms with van der Waals surface area (Å²) in [7, 11) is 0. The highest BCUT2D eigenvalue weighted by Crippen LogP contribution is 2.35. The summed E-state index contributed by atoms with van der Waals surface area (Å²) in [6.45, 7) is 3.44. The Kier molecular flexibility index (Phi) is 5.36. The van der Waals surface area contributed by atoms with Crippen molar-refractivity contribution < 1.29 is 4.79 Å². The Bertz CT molecular complexity index is 659. The van der Waals surface area contributed by atoms with E-state index in [0.717, 1.165) is 24.9 Å². The highest BCUT2D eigenvalue weighted by Gasteiger charge is 2.33. The lowest BCUT2D eigenvalue weighted by Crippen LogP contribution is -2.44. The van der Waals surface area contributed by atoms with Crippen LogP contribution in [0.2, 0.25) is 5.02 Å². The van der Waals surface area contributed by atoms with E-state index >= 15 is 0 Å². The lowest BCUT2D eigenvalue weighted by Gasteiger charge is -2.29. The maximum absolute atomic E-state index is 12.5. The Balaban J connectivity index is 1.62. The third kappa shape index (κ3) is 3.77. The second-order valence-corrected chi connectivity index (χ2v) is 7.28. The minimum Gasteiger partial charge on any atom is -0.351 e. The van der Waals surface area contributed by atoms with Crippen LogP contribution in [0.1, 0.15) is 36.2 Å². The zero-order valence-electron chi connectivity index (χ0n) is 13.2. The fraction of sp³-hybridized carbons (Fsp3) is 0.389. The van der Waals surface area contributed by atoms with Gasteiger partial charge in [-0.3, -0.25) is 9.69 Å². The van der Waals surface area contributed by atoms with Crippen molar-refractivity contribution in [2.24, 2.45) is 0 Å². The molecule has 3 nitrogen and oxygen atoms in total. The van der Waals surface area contributed by atoms with E-state index in [2.05, 4.69) is 27.7 Å². The summed E-state index contributed by atoms with van der Waals surface area (Å²) in [4.78, 5) is 16.2. The van der Waals surface area contributed by atoms with Crippen molar-refractivity contribution in [2.45, 2.75) is 38.4 Å². The summed E-state index contributed by atoms with van der Waals surface area (Å²) in [6, 6.07) is 12.1. The van der Waals surface area contributed by atoms with Crippen LogP contribution >= 0.6 is 22.9 Å². The third-order valence-electron chi connectivity index (χ3n) is 4.45. The van der Waals surface area contributed by atoms with Crippen LogP contribution in [0.4, 0.5) is 0 Å². The Morgan fingerprint density at radius 1 is 1.39 bits per heavy atom. The molecule has 0 radical (unpaired) electrons. The number of rotatable bonds is 5. The van der Waals surface area contributed by atoms with Gasteiger partial charge in [0.25, 0.3) is 0 Å². The summed E-state index contributed by atoms with van der Waals surface area (Å²) in [6.07, 6.45) is 2.27. The fourth-order valence-corrected chi connectivity index (χ4v) is 4.25. The van der Waals surface area contributed by atoms with E-state index in [4.69, 9.17) is 11.6 Å². The Morgan fingerprint density at radius 2 is 2.22 bits per heavy atom. The van der Waals surface area contributed by atoms with Crippen molar-refractivity contribution in [3.05, 3.63) is 57.2 Å². The molecule has 0 bridgehead atoms. The molecule has 2 aromatic rings. The van der Waals surface area contributed by atoms with Crippen molar-refractivity contribution in [3.63, 3.8) is 0 Å². The first-order chi connectivity index (χ1) is 11.2. The molecule has 1 aliphatic rings. The number of halogens is 1. The van der Waals surface area contributed by atoms with Gasteiger partial charge in [0.15, 0.2) is 0 Å². The molecule has 2 heterocycles. The molecule has 5 heteroatoms. The number of thiophene rings is 1. The van der Waals surface area contributed by atoms with Gasteiger partial charge in [0.2, 0.25) is 5.91 Å². The van der Waals surface area contributed by atoms with Gasteiger partial charge in [0, 0.05) is 22.5 Å². The standard InChI is InChI=1S/C18H21ClN2OS/c1-13(18(22)20-12-14-6-2-3-7-15(14)19)21-10-4-8-16(21)17-9-5-11-23-17/h2-3,5-7,9,11,13,16H,4,8,10,12H2,1H3,(H,20,22). The maximum Gasteiger partial charge on any atom is 0.237 e. The van der Waals surface area contributed by atoms with Crippen LogP contribution in [0, 0.1) is 0 Å². The number of amides is 1. The first-order valence-corrected chi connectivity index (χ1v) is 9.23. The van der Waals surface area contributed by atoms with Gasteiger partial charge in [0.1, 0.15) is 0 Å². The van der Waals surface area contributed by atoms with Gasteiger partial charge in [-0.05, 0) is 49.4 Å². The summed E-state index contributed by atoms with van der Waals surface area (Å²) in [5, 5.41) is 5.82. The summed E-state index contributed by atoms with van der Waals surface area (Å²) >= 11 is 7.92. The lowest BCUT2D eigenvalue weighted by molar-refractivity contribution is -0.126. The van der Waals surface area contributed by atoms with Crippen LogP contribution in [-0.2, 0) is 11.3 Å². The number of carbonyl (C=O) groups excluding carboxylic acids is 1. The van der Waals surface area contributed by atoms with Gasteiger partial charge in [-0.1, -0.05) is 35.9 Å². The lowest BCUT2D eigenvalue weighted by atomic mass is 10.1. The maximum atomic E-state index is 12.5. The molecule has 0 saturated carbocycles. The van der Waals surface area contributed by atoms with Gasteiger partial charge in [-0.15, -0.1) is 11.3 Å². The third-order valence-corrected chi connectivity index (χ3v) is 5.80. The zero-order valence-corrected chi connectivity index (χ0v) is 14.7. The molecule has 0 spiro atoms. The van der Waals surface area contributed by atoms with Crippen molar-refractivity contribution in [1.29, 1.82) is 0 Å². The van der Waals surface area contributed by atoms with Gasteiger partial charge in [-0.25, -0.2) is 0 Å². The van der Waals surface area contributed by atoms with Gasteiger partial charge >= 0.3 is 0 Å². The SMILES string of the molecule is CC(C(=O)NCc1ccccc1Cl)N1CCCC1c1cccs1. The quantitative estimate of drug-likeness (QED) is 0.876. The Labute approximate surface area is 146 Å². The molecule has 122 valence electrons. The molecule has 1 aliphatic heterocycles. The molecule has 23 heavy (non-hydrogen) atoms. The summed E-state index contributed by atoms with van der Waals surface area (Å²) in [5.41, 5.74) is 0.950. The largest absolute Gasteiger partial charge is 0.351 e. The number of hydrogen-bond donors (Lipinski definition) is 1. The molecule has 3 rings (SSSR count). The normalized spacial score (nSPS) is 19.7. The number of nitrogens with one attached hydrogen (secondary N) is 1. The van der Waals surface area contributed by atoms with Crippen LogP contribution in [-0.4, -0.2) is 23.4 Å². The second kappa shape index (κ2) is 7.47. The van der Waals surface area contributed by atoms with E-state index in [9.17, 15) is 4.79 Å². The Morgan fingerprint density at radius 3 is 2.96 bits per heavy atom. The van der Waals surface area contributed by atoms with Crippen LogP contribution in [0.3, 0.4) is 0 Å². The van der Waals surface area contributed by atoms with Crippen molar-refractivity contribution >= 4 is 28.8 Å². The Hall–Kier alpha value is -1.36. The zero-order chi connectivity index (χ0) is 16.2. The molecule has 0 aliphatic carbocycles. The topological polar surface area (TPSA) is 32.3 Å². The second-order valence-electron chi connectivity index (χ2n) is 5.90. The smallest absolute Gasteiger partial charge is 0.237 e. The van der Waals surface area contributed by atoms with Crippen molar-refractivity contribution in [3.8, 4) is 0 Å². The van der Waals surface area contributed by atoms with E-state index in [-0.39, 0.29) is 11.9 Å². The minimum absolute atomic E-state index is 0.0633. The van der Waals surface area contributed by atoms with Crippen molar-refractivity contribution in [1.82, 2.24) is 10.2 Å². The predicted octanol–water partition coefficient (Wildman–Crippen LogP) is 4.24. The number of carbonyl (C=O) groups is 1. The molecule has 1 N–H and O–H groups in total. The number of benzene rings is 1. The van der Waals surface area contributed by atoms with E-state index < -0.39 is 0 Å². The number of likely N-dealkylation sites (tertiary alicyclic amines) is 1. The van der Waals surface area contributed by atoms with Gasteiger partial charge in [-0.2, -0.15) is 0 Å². The summed E-state index contributed by atoms with van der Waals surface area (Å²) < 4.78 is 0. The molecular weight excluding hydrogens is 328 g/mol.